The number of nitrogens with zero attached hydrogens (tertiary/aromatic N) is 1. The number of ether oxygens (including phenoxy) is 1. The molecule has 0 aromatic heterocycles. The lowest BCUT2D eigenvalue weighted by Gasteiger charge is -2.36. The summed E-state index contributed by atoms with van der Waals surface area (Å²) in [6.07, 6.45) is 7.31. The number of carbonyl (C=O) groups excluding carboxylic acids is 1. The third-order valence-electron chi connectivity index (χ3n) is 4.58. The molecule has 1 atom stereocenters. The lowest BCUT2D eigenvalue weighted by Crippen LogP contribution is -2.53. The van der Waals surface area contributed by atoms with Gasteiger partial charge in [-0.05, 0) is 50.9 Å². The monoisotopic (exact) mass is 264 g/mol. The van der Waals surface area contributed by atoms with Crippen LogP contribution in [0, 0.1) is 17.2 Å². The molecule has 1 amide bonds. The van der Waals surface area contributed by atoms with E-state index in [1.54, 1.807) is 0 Å². The minimum Gasteiger partial charge on any atom is -0.368 e. The van der Waals surface area contributed by atoms with E-state index >= 15 is 0 Å². The van der Waals surface area contributed by atoms with Crippen molar-refractivity contribution < 1.29 is 9.53 Å². The standard InChI is InChI=1S/C15H24N2O2/c1-2-12-6-8-15(11-16,9-7-12)17-14(18)13-5-3-4-10-19-13/h12-13H,2-10H2,1H3,(H,17,18). The molecule has 2 aliphatic rings. The van der Waals surface area contributed by atoms with Gasteiger partial charge in [0.25, 0.3) is 0 Å². The second-order valence-corrected chi connectivity index (χ2v) is 5.89. The highest BCUT2D eigenvalue weighted by Gasteiger charge is 2.38. The van der Waals surface area contributed by atoms with E-state index in [1.807, 2.05) is 0 Å². The van der Waals surface area contributed by atoms with Gasteiger partial charge in [-0.3, -0.25) is 4.79 Å². The predicted molar refractivity (Wildman–Crippen MR) is 72.3 cm³/mol. The smallest absolute Gasteiger partial charge is 0.250 e. The first-order valence-electron chi connectivity index (χ1n) is 7.54. The van der Waals surface area contributed by atoms with Crippen molar-refractivity contribution in [1.29, 1.82) is 5.26 Å². The Hall–Kier alpha value is -1.08. The van der Waals surface area contributed by atoms with Crippen LogP contribution in [0.25, 0.3) is 0 Å². The lowest BCUT2D eigenvalue weighted by molar-refractivity contribution is -0.137. The minimum atomic E-state index is -0.649. The van der Waals surface area contributed by atoms with Crippen LogP contribution in [0.1, 0.15) is 58.3 Å². The summed E-state index contributed by atoms with van der Waals surface area (Å²) < 4.78 is 5.49. The van der Waals surface area contributed by atoms with E-state index < -0.39 is 5.54 Å². The highest BCUT2D eigenvalue weighted by Crippen LogP contribution is 2.33. The predicted octanol–water partition coefficient (Wildman–Crippen LogP) is 2.53. The second kappa shape index (κ2) is 6.38. The Labute approximate surface area is 115 Å². The van der Waals surface area contributed by atoms with E-state index in [-0.39, 0.29) is 12.0 Å². The van der Waals surface area contributed by atoms with E-state index in [9.17, 15) is 10.1 Å². The number of hydrogen-bond donors (Lipinski definition) is 1. The van der Waals surface area contributed by atoms with Crippen molar-refractivity contribution in [2.45, 2.75) is 69.9 Å². The van der Waals surface area contributed by atoms with Gasteiger partial charge in [0.05, 0.1) is 6.07 Å². The van der Waals surface area contributed by atoms with Crippen LogP contribution in [0.15, 0.2) is 0 Å². The van der Waals surface area contributed by atoms with Gasteiger partial charge in [0.15, 0.2) is 0 Å². The van der Waals surface area contributed by atoms with Crippen LogP contribution < -0.4 is 5.32 Å². The number of amides is 1. The van der Waals surface area contributed by atoms with Gasteiger partial charge in [-0.15, -0.1) is 0 Å². The van der Waals surface area contributed by atoms with Gasteiger partial charge in [-0.2, -0.15) is 5.26 Å². The van der Waals surface area contributed by atoms with Crippen LogP contribution in [0.4, 0.5) is 0 Å². The Bertz CT molecular complexity index is 348. The molecule has 1 saturated carbocycles. The Kier molecular flexibility index (Phi) is 4.81. The molecule has 0 spiro atoms. The SMILES string of the molecule is CCC1CCC(C#N)(NC(=O)C2CCCCO2)CC1. The molecule has 4 heteroatoms. The number of hydrogen-bond acceptors (Lipinski definition) is 3. The van der Waals surface area contributed by atoms with Gasteiger partial charge in [0.1, 0.15) is 11.6 Å². The van der Waals surface area contributed by atoms with Gasteiger partial charge >= 0.3 is 0 Å². The molecule has 0 bridgehead atoms. The van der Waals surface area contributed by atoms with E-state index in [4.69, 9.17) is 4.74 Å². The molecular weight excluding hydrogens is 240 g/mol. The average Bonchev–Trinajstić information content (AvgIpc) is 2.49. The maximum atomic E-state index is 12.2. The van der Waals surface area contributed by atoms with Crippen LogP contribution in [-0.4, -0.2) is 24.2 Å². The van der Waals surface area contributed by atoms with Crippen LogP contribution in [-0.2, 0) is 9.53 Å². The van der Waals surface area contributed by atoms with Crippen molar-refractivity contribution in [3.8, 4) is 6.07 Å². The first-order chi connectivity index (χ1) is 9.19. The summed E-state index contributed by atoms with van der Waals surface area (Å²) in [5.74, 6) is 0.625. The average molecular weight is 264 g/mol. The Morgan fingerprint density at radius 2 is 2.11 bits per heavy atom. The number of rotatable bonds is 3. The van der Waals surface area contributed by atoms with Gasteiger partial charge in [0.2, 0.25) is 5.91 Å². The molecule has 2 rings (SSSR count). The number of nitriles is 1. The largest absolute Gasteiger partial charge is 0.368 e. The molecule has 106 valence electrons. The summed E-state index contributed by atoms with van der Waals surface area (Å²) in [7, 11) is 0. The van der Waals surface area contributed by atoms with E-state index in [2.05, 4.69) is 18.3 Å². The van der Waals surface area contributed by atoms with Gasteiger partial charge in [0, 0.05) is 6.61 Å². The summed E-state index contributed by atoms with van der Waals surface area (Å²) in [6, 6.07) is 2.34. The molecule has 4 nitrogen and oxygen atoms in total. The topological polar surface area (TPSA) is 62.1 Å². The first-order valence-corrected chi connectivity index (χ1v) is 7.54. The van der Waals surface area contributed by atoms with E-state index in [0.29, 0.717) is 12.5 Å². The van der Waals surface area contributed by atoms with E-state index in [0.717, 1.165) is 44.9 Å². The molecule has 0 aromatic rings. The molecule has 1 saturated heterocycles. The summed E-state index contributed by atoms with van der Waals surface area (Å²) in [4.78, 5) is 12.2. The molecule has 0 radical (unpaired) electrons. The Morgan fingerprint density at radius 1 is 1.37 bits per heavy atom. The van der Waals surface area contributed by atoms with Crippen molar-refractivity contribution in [3.63, 3.8) is 0 Å². The third-order valence-corrected chi connectivity index (χ3v) is 4.58. The zero-order valence-electron chi connectivity index (χ0n) is 11.8. The lowest BCUT2D eigenvalue weighted by atomic mass is 9.76. The van der Waals surface area contributed by atoms with Crippen molar-refractivity contribution in [2.24, 2.45) is 5.92 Å². The highest BCUT2D eigenvalue weighted by atomic mass is 16.5. The second-order valence-electron chi connectivity index (χ2n) is 5.89. The van der Waals surface area contributed by atoms with Crippen molar-refractivity contribution in [1.82, 2.24) is 5.32 Å². The quantitative estimate of drug-likeness (QED) is 0.852. The summed E-state index contributed by atoms with van der Waals surface area (Å²) in [5, 5.41) is 12.4. The third kappa shape index (κ3) is 3.48. The zero-order valence-corrected chi connectivity index (χ0v) is 11.8. The Morgan fingerprint density at radius 3 is 2.63 bits per heavy atom. The summed E-state index contributed by atoms with van der Waals surface area (Å²) >= 11 is 0. The molecule has 2 fully saturated rings. The normalized spacial score (nSPS) is 35.4. The van der Waals surface area contributed by atoms with Gasteiger partial charge in [-0.25, -0.2) is 0 Å². The maximum Gasteiger partial charge on any atom is 0.250 e. The van der Waals surface area contributed by atoms with Crippen molar-refractivity contribution in [2.75, 3.05) is 6.61 Å². The van der Waals surface area contributed by atoms with Crippen molar-refractivity contribution >= 4 is 5.91 Å². The van der Waals surface area contributed by atoms with Crippen LogP contribution in [0.5, 0.6) is 0 Å². The molecule has 1 unspecified atom stereocenters. The van der Waals surface area contributed by atoms with Gasteiger partial charge in [-0.1, -0.05) is 13.3 Å². The van der Waals surface area contributed by atoms with Crippen LogP contribution in [0.2, 0.25) is 0 Å². The molecule has 1 aliphatic carbocycles. The first kappa shape index (κ1) is 14.3. The molecular formula is C15H24N2O2. The summed E-state index contributed by atoms with van der Waals surface area (Å²) in [6.45, 7) is 2.86. The summed E-state index contributed by atoms with van der Waals surface area (Å²) in [5.41, 5.74) is -0.649. The highest BCUT2D eigenvalue weighted by molar-refractivity contribution is 5.82. The number of carbonyl (C=O) groups is 1. The molecule has 19 heavy (non-hydrogen) atoms. The fraction of sp³-hybridized carbons (Fsp3) is 0.867. The van der Waals surface area contributed by atoms with Crippen LogP contribution in [0.3, 0.4) is 0 Å². The minimum absolute atomic E-state index is 0.0869. The fourth-order valence-electron chi connectivity index (χ4n) is 3.11. The molecule has 1 aliphatic heterocycles. The Balaban J connectivity index is 1.91. The number of nitrogens with one attached hydrogen (secondary N) is 1. The molecule has 0 aromatic carbocycles. The molecule has 1 N–H and O–H groups in total. The fourth-order valence-corrected chi connectivity index (χ4v) is 3.11. The van der Waals surface area contributed by atoms with Gasteiger partial charge < -0.3 is 10.1 Å². The van der Waals surface area contributed by atoms with Crippen molar-refractivity contribution in [3.05, 3.63) is 0 Å². The molecule has 1 heterocycles. The zero-order chi connectivity index (χ0) is 13.7. The van der Waals surface area contributed by atoms with Crippen LogP contribution >= 0.6 is 0 Å². The van der Waals surface area contributed by atoms with E-state index in [1.165, 1.54) is 6.42 Å². The maximum absolute atomic E-state index is 12.2.